The largest absolute Gasteiger partial charge is 0.444 e. The van der Waals surface area contributed by atoms with Crippen LogP contribution in [0, 0.1) is 0 Å². The van der Waals surface area contributed by atoms with Crippen molar-refractivity contribution in [2.75, 3.05) is 13.1 Å². The fourth-order valence-electron chi connectivity index (χ4n) is 3.00. The minimum Gasteiger partial charge on any atom is -0.444 e. The molecule has 27 heavy (non-hydrogen) atoms. The van der Waals surface area contributed by atoms with Gasteiger partial charge >= 0.3 is 6.09 Å². The lowest BCUT2D eigenvalue weighted by Gasteiger charge is -2.24. The molecule has 1 aliphatic rings. The second-order valence-electron chi connectivity index (χ2n) is 7.70. The van der Waals surface area contributed by atoms with Crippen molar-refractivity contribution in [2.24, 2.45) is 0 Å². The lowest BCUT2D eigenvalue weighted by atomic mass is 10.0. The summed E-state index contributed by atoms with van der Waals surface area (Å²) < 4.78 is 5.38. The highest BCUT2D eigenvalue weighted by atomic mass is 16.6. The SMILES string of the molecule is CC(C)(C)OC(=O)N1CC[C@H](NC(=O)c2ccc(-c3ccncc3)cc2)C1. The molecule has 1 aromatic carbocycles. The number of hydrogen-bond acceptors (Lipinski definition) is 4. The van der Waals surface area contributed by atoms with Crippen LogP contribution in [0.15, 0.2) is 48.8 Å². The molecular formula is C21H25N3O3. The summed E-state index contributed by atoms with van der Waals surface area (Å²) in [5.74, 6) is -0.132. The minimum atomic E-state index is -0.519. The highest BCUT2D eigenvalue weighted by molar-refractivity contribution is 5.95. The molecule has 142 valence electrons. The molecule has 2 amide bonds. The van der Waals surface area contributed by atoms with Gasteiger partial charge in [-0.2, -0.15) is 0 Å². The maximum Gasteiger partial charge on any atom is 0.410 e. The molecule has 1 aliphatic heterocycles. The second kappa shape index (κ2) is 7.78. The summed E-state index contributed by atoms with van der Waals surface area (Å²) in [4.78, 5) is 30.3. The highest BCUT2D eigenvalue weighted by Crippen LogP contribution is 2.19. The normalized spacial score (nSPS) is 16.9. The van der Waals surface area contributed by atoms with Gasteiger partial charge in [-0.15, -0.1) is 0 Å². The molecule has 0 unspecified atom stereocenters. The second-order valence-corrected chi connectivity index (χ2v) is 7.70. The summed E-state index contributed by atoms with van der Waals surface area (Å²) >= 11 is 0. The number of carbonyl (C=O) groups excluding carboxylic acids is 2. The zero-order chi connectivity index (χ0) is 19.4. The summed E-state index contributed by atoms with van der Waals surface area (Å²) in [6.07, 6.45) is 3.87. The van der Waals surface area contributed by atoms with Crippen LogP contribution in [0.4, 0.5) is 4.79 Å². The number of hydrogen-bond donors (Lipinski definition) is 1. The molecule has 0 radical (unpaired) electrons. The number of benzene rings is 1. The van der Waals surface area contributed by atoms with Gasteiger partial charge in [0.05, 0.1) is 0 Å². The van der Waals surface area contributed by atoms with Gasteiger partial charge in [0.1, 0.15) is 5.60 Å². The first-order valence-electron chi connectivity index (χ1n) is 9.11. The van der Waals surface area contributed by atoms with Crippen molar-refractivity contribution in [3.63, 3.8) is 0 Å². The Morgan fingerprint density at radius 2 is 1.70 bits per heavy atom. The molecule has 1 saturated heterocycles. The standard InChI is InChI=1S/C21H25N3O3/c1-21(2,3)27-20(26)24-13-10-18(14-24)23-19(25)17-6-4-15(5-7-17)16-8-11-22-12-9-16/h4-9,11-12,18H,10,13-14H2,1-3H3,(H,23,25)/t18-/m0/s1. The van der Waals surface area contributed by atoms with E-state index >= 15 is 0 Å². The topological polar surface area (TPSA) is 71.5 Å². The fourth-order valence-corrected chi connectivity index (χ4v) is 3.00. The lowest BCUT2D eigenvalue weighted by molar-refractivity contribution is 0.0290. The van der Waals surface area contributed by atoms with Gasteiger partial charge in [0.15, 0.2) is 0 Å². The summed E-state index contributed by atoms with van der Waals surface area (Å²) in [6, 6.07) is 11.3. The van der Waals surface area contributed by atoms with Gasteiger partial charge in [-0.1, -0.05) is 12.1 Å². The van der Waals surface area contributed by atoms with Crippen LogP contribution in [-0.2, 0) is 4.74 Å². The van der Waals surface area contributed by atoms with Gasteiger partial charge in [0, 0.05) is 37.1 Å². The van der Waals surface area contributed by atoms with Crippen molar-refractivity contribution >= 4 is 12.0 Å². The van der Waals surface area contributed by atoms with E-state index in [1.807, 2.05) is 57.2 Å². The third-order valence-corrected chi connectivity index (χ3v) is 4.34. The highest BCUT2D eigenvalue weighted by Gasteiger charge is 2.30. The Balaban J connectivity index is 1.56. The monoisotopic (exact) mass is 367 g/mol. The van der Waals surface area contributed by atoms with Crippen LogP contribution in [-0.4, -0.2) is 46.6 Å². The van der Waals surface area contributed by atoms with E-state index in [4.69, 9.17) is 4.74 Å². The van der Waals surface area contributed by atoms with Crippen molar-refractivity contribution in [1.29, 1.82) is 0 Å². The zero-order valence-electron chi connectivity index (χ0n) is 15.9. The number of likely N-dealkylation sites (tertiary alicyclic amines) is 1. The summed E-state index contributed by atoms with van der Waals surface area (Å²) in [5.41, 5.74) is 2.17. The van der Waals surface area contributed by atoms with Gasteiger partial charge in [-0.3, -0.25) is 9.78 Å². The van der Waals surface area contributed by atoms with Crippen LogP contribution in [0.3, 0.4) is 0 Å². The molecule has 3 rings (SSSR count). The van der Waals surface area contributed by atoms with E-state index < -0.39 is 5.60 Å². The number of amides is 2. The molecule has 6 nitrogen and oxygen atoms in total. The van der Waals surface area contributed by atoms with E-state index in [9.17, 15) is 9.59 Å². The molecule has 2 heterocycles. The third-order valence-electron chi connectivity index (χ3n) is 4.34. The average Bonchev–Trinajstić information content (AvgIpc) is 3.10. The van der Waals surface area contributed by atoms with E-state index in [-0.39, 0.29) is 18.0 Å². The van der Waals surface area contributed by atoms with Gasteiger partial charge in [-0.05, 0) is 62.6 Å². The molecule has 1 aromatic heterocycles. The summed E-state index contributed by atoms with van der Waals surface area (Å²) in [5, 5.41) is 3.00. The first-order valence-corrected chi connectivity index (χ1v) is 9.11. The van der Waals surface area contributed by atoms with Crippen molar-refractivity contribution in [1.82, 2.24) is 15.2 Å². The van der Waals surface area contributed by atoms with Crippen LogP contribution in [0.2, 0.25) is 0 Å². The first kappa shape index (κ1) is 18.9. The summed E-state index contributed by atoms with van der Waals surface area (Å²) in [6.45, 7) is 6.58. The van der Waals surface area contributed by atoms with Crippen LogP contribution >= 0.6 is 0 Å². The van der Waals surface area contributed by atoms with Crippen molar-refractivity contribution < 1.29 is 14.3 Å². The Morgan fingerprint density at radius 1 is 1.07 bits per heavy atom. The van der Waals surface area contributed by atoms with Crippen molar-refractivity contribution in [2.45, 2.75) is 38.8 Å². The zero-order valence-corrected chi connectivity index (χ0v) is 15.9. The summed E-state index contributed by atoms with van der Waals surface area (Å²) in [7, 11) is 0. The Hall–Kier alpha value is -2.89. The first-order chi connectivity index (χ1) is 12.8. The molecule has 0 bridgehead atoms. The average molecular weight is 367 g/mol. The van der Waals surface area contributed by atoms with Crippen LogP contribution in [0.5, 0.6) is 0 Å². The molecule has 0 saturated carbocycles. The Labute approximate surface area is 159 Å². The molecule has 2 aromatic rings. The molecular weight excluding hydrogens is 342 g/mol. The molecule has 1 fully saturated rings. The molecule has 0 spiro atoms. The molecule has 1 N–H and O–H groups in total. The van der Waals surface area contributed by atoms with E-state index in [2.05, 4.69) is 10.3 Å². The van der Waals surface area contributed by atoms with E-state index in [1.165, 1.54) is 0 Å². The number of nitrogens with one attached hydrogen (secondary N) is 1. The predicted octanol–water partition coefficient (Wildman–Crippen LogP) is 3.49. The molecule has 1 atom stereocenters. The van der Waals surface area contributed by atoms with E-state index in [0.717, 1.165) is 17.5 Å². The Kier molecular flexibility index (Phi) is 5.44. The number of carbonyl (C=O) groups is 2. The Morgan fingerprint density at radius 3 is 2.33 bits per heavy atom. The number of nitrogens with zero attached hydrogens (tertiary/aromatic N) is 2. The molecule has 6 heteroatoms. The van der Waals surface area contributed by atoms with E-state index in [1.54, 1.807) is 17.3 Å². The Bertz CT molecular complexity index is 798. The maximum atomic E-state index is 12.5. The molecule has 0 aliphatic carbocycles. The lowest BCUT2D eigenvalue weighted by Crippen LogP contribution is -2.40. The van der Waals surface area contributed by atoms with Crippen LogP contribution in [0.1, 0.15) is 37.6 Å². The minimum absolute atomic E-state index is 0.0649. The predicted molar refractivity (Wildman–Crippen MR) is 103 cm³/mol. The number of rotatable bonds is 3. The van der Waals surface area contributed by atoms with Crippen LogP contribution in [0.25, 0.3) is 11.1 Å². The fraction of sp³-hybridized carbons (Fsp3) is 0.381. The van der Waals surface area contributed by atoms with Gasteiger partial charge in [0.25, 0.3) is 5.91 Å². The third kappa shape index (κ3) is 5.06. The van der Waals surface area contributed by atoms with Gasteiger partial charge in [0.2, 0.25) is 0 Å². The van der Waals surface area contributed by atoms with Gasteiger partial charge in [-0.25, -0.2) is 4.79 Å². The smallest absolute Gasteiger partial charge is 0.410 e. The number of pyridine rings is 1. The van der Waals surface area contributed by atoms with E-state index in [0.29, 0.717) is 18.7 Å². The number of ether oxygens (including phenoxy) is 1. The van der Waals surface area contributed by atoms with Gasteiger partial charge < -0.3 is 15.0 Å². The maximum absolute atomic E-state index is 12.5. The van der Waals surface area contributed by atoms with Crippen LogP contribution < -0.4 is 5.32 Å². The quantitative estimate of drug-likeness (QED) is 0.901. The number of aromatic nitrogens is 1. The van der Waals surface area contributed by atoms with Crippen molar-refractivity contribution in [3.05, 3.63) is 54.4 Å². The van der Waals surface area contributed by atoms with Crippen molar-refractivity contribution in [3.8, 4) is 11.1 Å².